The molecule has 1 aliphatic rings. The van der Waals surface area contributed by atoms with Gasteiger partial charge in [0.15, 0.2) is 5.84 Å². The van der Waals surface area contributed by atoms with Crippen molar-refractivity contribution in [2.24, 2.45) is 10.9 Å². The first-order chi connectivity index (χ1) is 9.37. The molecule has 0 spiro atoms. The SMILES string of the molecule is NC(=NO)C1CCCN1S(=O)(=O)c1ccc(Br)cc1Cl. The van der Waals surface area contributed by atoms with Crippen LogP contribution in [0.3, 0.4) is 0 Å². The Bertz CT molecular complexity index is 650. The second-order valence-electron chi connectivity index (χ2n) is 4.37. The Kier molecular flexibility index (Phi) is 4.58. The third-order valence-electron chi connectivity index (χ3n) is 3.14. The summed E-state index contributed by atoms with van der Waals surface area (Å²) in [5, 5.41) is 11.8. The van der Waals surface area contributed by atoms with E-state index in [0.717, 1.165) is 0 Å². The van der Waals surface area contributed by atoms with Crippen LogP contribution in [0.1, 0.15) is 12.8 Å². The highest BCUT2D eigenvalue weighted by Gasteiger charge is 2.38. The predicted molar refractivity (Wildman–Crippen MR) is 79.5 cm³/mol. The highest BCUT2D eigenvalue weighted by Crippen LogP contribution is 2.31. The topological polar surface area (TPSA) is 96.0 Å². The standard InChI is InChI=1S/C11H13BrClN3O3S/c12-7-3-4-10(8(13)6-7)20(18,19)16-5-1-2-9(16)11(14)15-17/h3-4,6,9,17H,1-2,5H2,(H2,14,15). The number of nitrogens with zero attached hydrogens (tertiary/aromatic N) is 2. The van der Waals surface area contributed by atoms with E-state index in [9.17, 15) is 8.42 Å². The molecule has 1 atom stereocenters. The van der Waals surface area contributed by atoms with Crippen molar-refractivity contribution in [1.82, 2.24) is 4.31 Å². The van der Waals surface area contributed by atoms with Gasteiger partial charge in [0.05, 0.1) is 11.1 Å². The van der Waals surface area contributed by atoms with Crippen LogP contribution in [0, 0.1) is 0 Å². The average Bonchev–Trinajstić information content (AvgIpc) is 2.87. The van der Waals surface area contributed by atoms with Gasteiger partial charge in [-0.3, -0.25) is 0 Å². The summed E-state index contributed by atoms with van der Waals surface area (Å²) in [6.45, 7) is 0.315. The number of benzene rings is 1. The van der Waals surface area contributed by atoms with Crippen LogP contribution in [0.15, 0.2) is 32.7 Å². The van der Waals surface area contributed by atoms with Crippen LogP contribution < -0.4 is 5.73 Å². The van der Waals surface area contributed by atoms with Crippen LogP contribution in [0.2, 0.25) is 5.02 Å². The van der Waals surface area contributed by atoms with E-state index in [1.54, 1.807) is 6.07 Å². The maximum absolute atomic E-state index is 12.6. The number of sulfonamides is 1. The lowest BCUT2D eigenvalue weighted by atomic mass is 10.2. The number of halogens is 2. The zero-order valence-electron chi connectivity index (χ0n) is 10.3. The smallest absolute Gasteiger partial charge is 0.245 e. The maximum atomic E-state index is 12.6. The van der Waals surface area contributed by atoms with Gasteiger partial charge in [-0.25, -0.2) is 8.42 Å². The van der Waals surface area contributed by atoms with Crippen molar-refractivity contribution in [2.45, 2.75) is 23.8 Å². The molecule has 110 valence electrons. The van der Waals surface area contributed by atoms with E-state index in [1.165, 1.54) is 16.4 Å². The fraction of sp³-hybridized carbons (Fsp3) is 0.364. The number of hydrogen-bond acceptors (Lipinski definition) is 4. The van der Waals surface area contributed by atoms with E-state index in [4.69, 9.17) is 22.5 Å². The molecule has 1 aliphatic heterocycles. The first kappa shape index (κ1) is 15.6. The highest BCUT2D eigenvalue weighted by atomic mass is 79.9. The third-order valence-corrected chi connectivity index (χ3v) is 6.03. The van der Waals surface area contributed by atoms with Crippen LogP contribution in [0.25, 0.3) is 0 Å². The number of nitrogens with two attached hydrogens (primary N) is 1. The third kappa shape index (κ3) is 2.78. The predicted octanol–water partition coefficient (Wildman–Crippen LogP) is 2.00. The van der Waals surface area contributed by atoms with Gasteiger partial charge in [-0.1, -0.05) is 32.7 Å². The summed E-state index contributed by atoms with van der Waals surface area (Å²) >= 11 is 9.23. The Morgan fingerprint density at radius 2 is 2.25 bits per heavy atom. The van der Waals surface area contributed by atoms with E-state index in [0.29, 0.717) is 23.9 Å². The summed E-state index contributed by atoms with van der Waals surface area (Å²) in [6, 6.07) is 3.92. The minimum absolute atomic E-state index is 0.0139. The van der Waals surface area contributed by atoms with Crippen LogP contribution in [-0.2, 0) is 10.0 Å². The number of hydrogen-bond donors (Lipinski definition) is 2. The Morgan fingerprint density at radius 1 is 1.55 bits per heavy atom. The van der Waals surface area contributed by atoms with Crippen molar-refractivity contribution in [3.05, 3.63) is 27.7 Å². The first-order valence-electron chi connectivity index (χ1n) is 5.82. The van der Waals surface area contributed by atoms with Gasteiger partial charge in [0, 0.05) is 11.0 Å². The molecular formula is C11H13BrClN3O3S. The van der Waals surface area contributed by atoms with Gasteiger partial charge in [-0.15, -0.1) is 0 Å². The second-order valence-corrected chi connectivity index (χ2v) is 7.56. The average molecular weight is 383 g/mol. The van der Waals surface area contributed by atoms with Crippen molar-refractivity contribution in [1.29, 1.82) is 0 Å². The molecule has 1 aromatic carbocycles. The van der Waals surface area contributed by atoms with Gasteiger partial charge in [-0.05, 0) is 31.0 Å². The second kappa shape index (κ2) is 5.88. The van der Waals surface area contributed by atoms with E-state index in [1.807, 2.05) is 0 Å². The Hall–Kier alpha value is -0.830. The van der Waals surface area contributed by atoms with Gasteiger partial charge in [0.2, 0.25) is 10.0 Å². The Morgan fingerprint density at radius 3 is 2.85 bits per heavy atom. The van der Waals surface area contributed by atoms with E-state index in [-0.39, 0.29) is 15.8 Å². The number of oxime groups is 1. The molecule has 0 aliphatic carbocycles. The molecule has 0 amide bonds. The summed E-state index contributed by atoms with van der Waals surface area (Å²) in [5.41, 5.74) is 5.56. The summed E-state index contributed by atoms with van der Waals surface area (Å²) in [4.78, 5) is 0.0139. The lowest BCUT2D eigenvalue weighted by Crippen LogP contribution is -2.43. The molecule has 0 bridgehead atoms. The molecule has 20 heavy (non-hydrogen) atoms. The van der Waals surface area contributed by atoms with E-state index in [2.05, 4.69) is 21.1 Å². The molecule has 2 rings (SSSR count). The molecule has 0 aromatic heterocycles. The molecule has 1 fully saturated rings. The summed E-state index contributed by atoms with van der Waals surface area (Å²) < 4.78 is 27.2. The van der Waals surface area contributed by atoms with E-state index >= 15 is 0 Å². The maximum Gasteiger partial charge on any atom is 0.245 e. The molecule has 0 saturated carbocycles. The number of amidine groups is 1. The molecule has 0 radical (unpaired) electrons. The lowest BCUT2D eigenvalue weighted by molar-refractivity contribution is 0.311. The van der Waals surface area contributed by atoms with Gasteiger partial charge < -0.3 is 10.9 Å². The highest BCUT2D eigenvalue weighted by molar-refractivity contribution is 9.10. The molecule has 1 heterocycles. The number of rotatable bonds is 3. The van der Waals surface area contributed by atoms with Gasteiger partial charge >= 0.3 is 0 Å². The fourth-order valence-electron chi connectivity index (χ4n) is 2.20. The lowest BCUT2D eigenvalue weighted by Gasteiger charge is -2.23. The Labute approximate surface area is 130 Å². The first-order valence-corrected chi connectivity index (χ1v) is 8.43. The summed E-state index contributed by atoms with van der Waals surface area (Å²) in [6.07, 6.45) is 1.16. The Balaban J connectivity index is 2.44. The largest absolute Gasteiger partial charge is 0.409 e. The molecule has 1 unspecified atom stereocenters. The van der Waals surface area contributed by atoms with Crippen LogP contribution in [-0.4, -0.2) is 36.4 Å². The molecule has 3 N–H and O–H groups in total. The van der Waals surface area contributed by atoms with Crippen molar-refractivity contribution in [3.8, 4) is 0 Å². The zero-order chi connectivity index (χ0) is 14.9. The minimum Gasteiger partial charge on any atom is -0.409 e. The minimum atomic E-state index is -3.78. The van der Waals surface area contributed by atoms with Gasteiger partial charge in [0.25, 0.3) is 0 Å². The van der Waals surface area contributed by atoms with Crippen LogP contribution >= 0.6 is 27.5 Å². The molecule has 1 aromatic rings. The van der Waals surface area contributed by atoms with Crippen LogP contribution in [0.4, 0.5) is 0 Å². The van der Waals surface area contributed by atoms with E-state index < -0.39 is 16.1 Å². The normalized spacial score (nSPS) is 21.3. The zero-order valence-corrected chi connectivity index (χ0v) is 13.5. The van der Waals surface area contributed by atoms with Crippen molar-refractivity contribution in [3.63, 3.8) is 0 Å². The van der Waals surface area contributed by atoms with Gasteiger partial charge in [-0.2, -0.15) is 4.31 Å². The fourth-order valence-corrected chi connectivity index (χ4v) is 4.88. The summed E-state index contributed by atoms with van der Waals surface area (Å²) in [7, 11) is -3.78. The van der Waals surface area contributed by atoms with Gasteiger partial charge in [0.1, 0.15) is 4.90 Å². The summed E-state index contributed by atoms with van der Waals surface area (Å²) in [5.74, 6) is -0.112. The monoisotopic (exact) mass is 381 g/mol. The molecule has 9 heteroatoms. The quantitative estimate of drug-likeness (QED) is 0.362. The van der Waals surface area contributed by atoms with Crippen LogP contribution in [0.5, 0.6) is 0 Å². The van der Waals surface area contributed by atoms with Crippen molar-refractivity contribution in [2.75, 3.05) is 6.54 Å². The van der Waals surface area contributed by atoms with Crippen molar-refractivity contribution >= 4 is 43.4 Å². The molecule has 1 saturated heterocycles. The van der Waals surface area contributed by atoms with Crippen molar-refractivity contribution < 1.29 is 13.6 Å². The molecule has 6 nitrogen and oxygen atoms in total. The molecular weight excluding hydrogens is 370 g/mol.